The fourth-order valence-corrected chi connectivity index (χ4v) is 1.87. The van der Waals surface area contributed by atoms with Gasteiger partial charge in [0, 0.05) is 22.5 Å². The average molecular weight is 260 g/mol. The number of aliphatic carboxylic acids is 1. The molecule has 0 atom stereocenters. The molecule has 2 rings (SSSR count). The number of carboxylic acids is 1. The fraction of sp³-hybridized carbons (Fsp3) is 0.214. The van der Waals surface area contributed by atoms with Gasteiger partial charge in [-0.15, -0.1) is 0 Å². The van der Waals surface area contributed by atoms with Gasteiger partial charge in [-0.3, -0.25) is 4.79 Å². The highest BCUT2D eigenvalue weighted by molar-refractivity contribution is 5.71. The van der Waals surface area contributed by atoms with Gasteiger partial charge in [0.1, 0.15) is 5.82 Å². The second-order valence-corrected chi connectivity index (χ2v) is 4.27. The summed E-state index contributed by atoms with van der Waals surface area (Å²) in [5.41, 5.74) is 2.59. The monoisotopic (exact) mass is 260 g/mol. The maximum absolute atomic E-state index is 12.9. The van der Waals surface area contributed by atoms with Gasteiger partial charge in [-0.2, -0.15) is 0 Å². The van der Waals surface area contributed by atoms with Gasteiger partial charge in [-0.05, 0) is 38.1 Å². The average Bonchev–Trinajstić information content (AvgIpc) is 2.34. The summed E-state index contributed by atoms with van der Waals surface area (Å²) < 4.78 is 12.9. The van der Waals surface area contributed by atoms with Crippen LogP contribution in [0, 0.1) is 19.7 Å². The number of nitrogens with zero attached hydrogens (tertiary/aromatic N) is 2. The zero-order valence-electron chi connectivity index (χ0n) is 10.6. The SMILES string of the molecule is Cc1nc(-c2ccc(F)cc2)nc(C)c1CC(=O)O. The summed E-state index contributed by atoms with van der Waals surface area (Å²) in [6, 6.07) is 5.88. The summed E-state index contributed by atoms with van der Waals surface area (Å²) in [6.07, 6.45) is -0.0959. The van der Waals surface area contributed by atoms with E-state index in [9.17, 15) is 9.18 Å². The van der Waals surface area contributed by atoms with Gasteiger partial charge in [0.05, 0.1) is 6.42 Å². The standard InChI is InChI=1S/C14H13FN2O2/c1-8-12(7-13(18)19)9(2)17-14(16-8)10-3-5-11(15)6-4-10/h3-6H,7H2,1-2H3,(H,18,19). The van der Waals surface area contributed by atoms with Gasteiger partial charge in [0.25, 0.3) is 0 Å². The summed E-state index contributed by atoms with van der Waals surface area (Å²) in [6.45, 7) is 3.50. The Balaban J connectivity index is 2.44. The van der Waals surface area contributed by atoms with Crippen LogP contribution in [0.3, 0.4) is 0 Å². The number of hydrogen-bond acceptors (Lipinski definition) is 3. The third kappa shape index (κ3) is 2.93. The first-order chi connectivity index (χ1) is 8.97. The van der Waals surface area contributed by atoms with Crippen LogP contribution < -0.4 is 0 Å². The molecule has 0 aliphatic heterocycles. The molecule has 98 valence electrons. The summed E-state index contributed by atoms with van der Waals surface area (Å²) in [7, 11) is 0. The van der Waals surface area contributed by atoms with Crippen LogP contribution >= 0.6 is 0 Å². The zero-order valence-corrected chi connectivity index (χ0v) is 10.6. The lowest BCUT2D eigenvalue weighted by Gasteiger charge is -2.09. The van der Waals surface area contributed by atoms with Gasteiger partial charge >= 0.3 is 5.97 Å². The van der Waals surface area contributed by atoms with Crippen molar-refractivity contribution in [1.82, 2.24) is 9.97 Å². The molecule has 0 bridgehead atoms. The number of benzene rings is 1. The van der Waals surface area contributed by atoms with Crippen molar-refractivity contribution in [2.75, 3.05) is 0 Å². The Kier molecular flexibility index (Phi) is 3.55. The van der Waals surface area contributed by atoms with Gasteiger partial charge in [0.15, 0.2) is 5.82 Å². The normalized spacial score (nSPS) is 10.5. The van der Waals surface area contributed by atoms with Gasteiger partial charge in [0.2, 0.25) is 0 Å². The highest BCUT2D eigenvalue weighted by atomic mass is 19.1. The zero-order chi connectivity index (χ0) is 14.0. The van der Waals surface area contributed by atoms with Crippen LogP contribution in [-0.2, 0) is 11.2 Å². The second-order valence-electron chi connectivity index (χ2n) is 4.27. The van der Waals surface area contributed by atoms with Crippen molar-refractivity contribution in [1.29, 1.82) is 0 Å². The highest BCUT2D eigenvalue weighted by Crippen LogP contribution is 2.19. The minimum absolute atomic E-state index is 0.0959. The molecule has 1 aromatic heterocycles. The van der Waals surface area contributed by atoms with E-state index in [2.05, 4.69) is 9.97 Å². The van der Waals surface area contributed by atoms with Crippen molar-refractivity contribution in [3.05, 3.63) is 47.0 Å². The first-order valence-electron chi connectivity index (χ1n) is 5.79. The summed E-state index contributed by atoms with van der Waals surface area (Å²) in [5.74, 6) is -0.756. The maximum atomic E-state index is 12.9. The van der Waals surface area contributed by atoms with Crippen molar-refractivity contribution in [3.8, 4) is 11.4 Å². The summed E-state index contributed by atoms with van der Waals surface area (Å²) >= 11 is 0. The fourth-order valence-electron chi connectivity index (χ4n) is 1.87. The van der Waals surface area contributed by atoms with Crippen molar-refractivity contribution in [2.45, 2.75) is 20.3 Å². The van der Waals surface area contributed by atoms with Crippen molar-refractivity contribution >= 4 is 5.97 Å². The number of carbonyl (C=O) groups is 1. The number of carboxylic acid groups (broad SMARTS) is 1. The smallest absolute Gasteiger partial charge is 0.307 e. The van der Waals surface area contributed by atoms with E-state index in [1.807, 2.05) is 0 Å². The molecule has 19 heavy (non-hydrogen) atoms. The molecule has 0 saturated carbocycles. The van der Waals surface area contributed by atoms with E-state index in [0.29, 0.717) is 28.3 Å². The Bertz CT molecular complexity index is 601. The molecule has 0 radical (unpaired) electrons. The predicted octanol–water partition coefficient (Wildman–Crippen LogP) is 2.53. The number of halogens is 1. The lowest BCUT2D eigenvalue weighted by molar-refractivity contribution is -0.136. The van der Waals surface area contributed by atoms with Crippen LogP contribution in [-0.4, -0.2) is 21.0 Å². The Morgan fingerprint density at radius 3 is 2.16 bits per heavy atom. The van der Waals surface area contributed by atoms with E-state index < -0.39 is 5.97 Å². The molecule has 1 heterocycles. The van der Waals surface area contributed by atoms with Crippen LogP contribution in [0.25, 0.3) is 11.4 Å². The third-order valence-electron chi connectivity index (χ3n) is 2.85. The van der Waals surface area contributed by atoms with Crippen LogP contribution in [0.1, 0.15) is 17.0 Å². The number of aromatic nitrogens is 2. The molecule has 0 spiro atoms. The van der Waals surface area contributed by atoms with Crippen LogP contribution in [0.2, 0.25) is 0 Å². The molecule has 0 saturated heterocycles. The Morgan fingerprint density at radius 1 is 1.16 bits per heavy atom. The summed E-state index contributed by atoms with van der Waals surface area (Å²) in [5, 5.41) is 8.84. The van der Waals surface area contributed by atoms with E-state index in [1.165, 1.54) is 12.1 Å². The molecular formula is C14H13FN2O2. The Labute approximate surface area is 110 Å². The van der Waals surface area contributed by atoms with Crippen LogP contribution in [0.15, 0.2) is 24.3 Å². The number of aryl methyl sites for hydroxylation is 2. The molecule has 5 heteroatoms. The molecule has 0 amide bonds. The van der Waals surface area contributed by atoms with E-state index in [-0.39, 0.29) is 12.2 Å². The maximum Gasteiger partial charge on any atom is 0.307 e. The van der Waals surface area contributed by atoms with Crippen molar-refractivity contribution < 1.29 is 14.3 Å². The van der Waals surface area contributed by atoms with Gasteiger partial charge < -0.3 is 5.11 Å². The topological polar surface area (TPSA) is 63.1 Å². The van der Waals surface area contributed by atoms with E-state index in [1.54, 1.807) is 26.0 Å². The minimum Gasteiger partial charge on any atom is -0.481 e. The second kappa shape index (κ2) is 5.14. The molecule has 0 aliphatic rings. The van der Waals surface area contributed by atoms with Gasteiger partial charge in [-0.1, -0.05) is 0 Å². The molecule has 1 N–H and O–H groups in total. The van der Waals surface area contributed by atoms with Crippen molar-refractivity contribution in [3.63, 3.8) is 0 Å². The van der Waals surface area contributed by atoms with E-state index in [0.717, 1.165) is 0 Å². The first-order valence-corrected chi connectivity index (χ1v) is 5.79. The summed E-state index contributed by atoms with van der Waals surface area (Å²) in [4.78, 5) is 19.3. The van der Waals surface area contributed by atoms with Crippen molar-refractivity contribution in [2.24, 2.45) is 0 Å². The van der Waals surface area contributed by atoms with Crippen LogP contribution in [0.5, 0.6) is 0 Å². The highest BCUT2D eigenvalue weighted by Gasteiger charge is 2.12. The molecule has 1 aromatic carbocycles. The largest absolute Gasteiger partial charge is 0.481 e. The van der Waals surface area contributed by atoms with E-state index in [4.69, 9.17) is 5.11 Å². The molecule has 0 aliphatic carbocycles. The minimum atomic E-state index is -0.913. The molecule has 0 fully saturated rings. The number of rotatable bonds is 3. The quantitative estimate of drug-likeness (QED) is 0.921. The van der Waals surface area contributed by atoms with Crippen LogP contribution in [0.4, 0.5) is 4.39 Å². The molecule has 4 nitrogen and oxygen atoms in total. The molecular weight excluding hydrogens is 247 g/mol. The lowest BCUT2D eigenvalue weighted by Crippen LogP contribution is -2.08. The van der Waals surface area contributed by atoms with Gasteiger partial charge in [-0.25, -0.2) is 14.4 Å². The first kappa shape index (κ1) is 13.1. The Morgan fingerprint density at radius 2 is 1.68 bits per heavy atom. The van der Waals surface area contributed by atoms with E-state index >= 15 is 0 Å². The molecule has 2 aromatic rings. The lowest BCUT2D eigenvalue weighted by atomic mass is 10.1. The number of hydrogen-bond donors (Lipinski definition) is 1. The Hall–Kier alpha value is -2.30. The molecule has 0 unspecified atom stereocenters. The third-order valence-corrected chi connectivity index (χ3v) is 2.85. The predicted molar refractivity (Wildman–Crippen MR) is 68.2 cm³/mol.